The molecular weight excluding hydrogens is 306 g/mol. The summed E-state index contributed by atoms with van der Waals surface area (Å²) in [5.41, 5.74) is 3.65. The number of aryl methyl sites for hydroxylation is 1. The molecular formula is C18H21N3O3. The maximum Gasteiger partial charge on any atom is 0.163 e. The van der Waals surface area contributed by atoms with E-state index >= 15 is 0 Å². The van der Waals surface area contributed by atoms with E-state index in [1.54, 1.807) is 26.4 Å². The van der Waals surface area contributed by atoms with Crippen molar-refractivity contribution >= 4 is 17.1 Å². The number of ether oxygens (including phenoxy) is 2. The zero-order chi connectivity index (χ0) is 17.5. The first-order valence-corrected chi connectivity index (χ1v) is 7.52. The van der Waals surface area contributed by atoms with Crippen molar-refractivity contribution in [2.45, 2.75) is 6.92 Å². The first kappa shape index (κ1) is 17.4. The lowest BCUT2D eigenvalue weighted by molar-refractivity contribution is 0.311. The van der Waals surface area contributed by atoms with Crippen molar-refractivity contribution in [3.8, 4) is 17.6 Å². The number of rotatable bonds is 7. The third-order valence-electron chi connectivity index (χ3n) is 3.54. The van der Waals surface area contributed by atoms with Crippen LogP contribution in [0.3, 0.4) is 0 Å². The molecule has 0 saturated carbocycles. The molecule has 24 heavy (non-hydrogen) atoms. The Hall–Kier alpha value is -2.91. The molecule has 0 bridgehead atoms. The maximum absolute atomic E-state index is 9.29. The highest BCUT2D eigenvalue weighted by Gasteiger charge is 2.12. The van der Waals surface area contributed by atoms with Crippen LogP contribution in [0.25, 0.3) is 0 Å². The Balaban J connectivity index is 2.41. The summed E-state index contributed by atoms with van der Waals surface area (Å²) < 4.78 is 10.7. The maximum atomic E-state index is 9.29. The fraction of sp³-hybridized carbons (Fsp3) is 0.278. The van der Waals surface area contributed by atoms with Gasteiger partial charge in [0.05, 0.1) is 37.8 Å². The molecule has 0 aliphatic rings. The SMILES string of the molecule is COc1cc(Nc2cccc(C#N)c2NCCO)cc(C)c1OC. The Kier molecular flexibility index (Phi) is 5.88. The molecule has 2 rings (SSSR count). The number of aliphatic hydroxyl groups excluding tert-OH is 1. The van der Waals surface area contributed by atoms with E-state index in [0.717, 1.165) is 16.9 Å². The zero-order valence-corrected chi connectivity index (χ0v) is 14.0. The minimum Gasteiger partial charge on any atom is -0.493 e. The molecule has 0 atom stereocenters. The summed E-state index contributed by atoms with van der Waals surface area (Å²) in [5.74, 6) is 1.31. The second-order valence-electron chi connectivity index (χ2n) is 5.14. The fourth-order valence-electron chi connectivity index (χ4n) is 2.50. The molecule has 0 spiro atoms. The minimum absolute atomic E-state index is 0.0192. The standard InChI is InChI=1S/C18H21N3O3/c1-12-9-14(10-16(23-2)18(12)24-3)21-15-6-4-5-13(11-19)17(15)20-7-8-22/h4-6,9-10,20-22H,7-8H2,1-3H3. The van der Waals surface area contributed by atoms with Crippen molar-refractivity contribution in [3.05, 3.63) is 41.5 Å². The molecule has 6 heteroatoms. The first-order valence-electron chi connectivity index (χ1n) is 7.52. The van der Waals surface area contributed by atoms with Crippen molar-refractivity contribution < 1.29 is 14.6 Å². The van der Waals surface area contributed by atoms with Crippen molar-refractivity contribution in [1.29, 1.82) is 5.26 Å². The molecule has 0 unspecified atom stereocenters. The monoisotopic (exact) mass is 327 g/mol. The van der Waals surface area contributed by atoms with Gasteiger partial charge in [0, 0.05) is 18.3 Å². The average molecular weight is 327 g/mol. The number of benzene rings is 2. The van der Waals surface area contributed by atoms with E-state index < -0.39 is 0 Å². The third kappa shape index (κ3) is 3.70. The van der Waals surface area contributed by atoms with E-state index in [-0.39, 0.29) is 6.61 Å². The molecule has 0 radical (unpaired) electrons. The molecule has 0 aliphatic carbocycles. The first-order chi connectivity index (χ1) is 11.6. The number of hydrogen-bond donors (Lipinski definition) is 3. The predicted octanol–water partition coefficient (Wildman–Crippen LogP) is 3.03. The summed E-state index contributed by atoms with van der Waals surface area (Å²) in [5, 5.41) is 24.7. The smallest absolute Gasteiger partial charge is 0.163 e. The predicted molar refractivity (Wildman–Crippen MR) is 94.3 cm³/mol. The summed E-state index contributed by atoms with van der Waals surface area (Å²) in [7, 11) is 3.19. The number of nitrogens with one attached hydrogen (secondary N) is 2. The molecule has 0 saturated heterocycles. The van der Waals surface area contributed by atoms with Gasteiger partial charge in [0.25, 0.3) is 0 Å². The molecule has 2 aromatic rings. The summed E-state index contributed by atoms with van der Waals surface area (Å²) in [6.07, 6.45) is 0. The van der Waals surface area contributed by atoms with Gasteiger partial charge in [-0.05, 0) is 30.7 Å². The summed E-state index contributed by atoms with van der Waals surface area (Å²) >= 11 is 0. The average Bonchev–Trinajstić information content (AvgIpc) is 2.59. The van der Waals surface area contributed by atoms with Crippen molar-refractivity contribution in [3.63, 3.8) is 0 Å². The molecule has 126 valence electrons. The number of aliphatic hydroxyl groups is 1. The molecule has 2 aromatic carbocycles. The Bertz CT molecular complexity index is 754. The Labute approximate surface area is 141 Å². The van der Waals surface area contributed by atoms with Crippen LogP contribution in [0.5, 0.6) is 11.5 Å². The van der Waals surface area contributed by atoms with E-state index in [1.165, 1.54) is 0 Å². The molecule has 0 amide bonds. The minimum atomic E-state index is -0.0192. The van der Waals surface area contributed by atoms with Gasteiger partial charge in [-0.1, -0.05) is 6.07 Å². The molecule has 3 N–H and O–H groups in total. The van der Waals surface area contributed by atoms with Gasteiger partial charge in [-0.3, -0.25) is 0 Å². The summed E-state index contributed by atoms with van der Waals surface area (Å²) in [4.78, 5) is 0. The second kappa shape index (κ2) is 8.09. The van der Waals surface area contributed by atoms with Crippen LogP contribution in [0.15, 0.2) is 30.3 Å². The highest BCUT2D eigenvalue weighted by atomic mass is 16.5. The van der Waals surface area contributed by atoms with Gasteiger partial charge in [0.1, 0.15) is 6.07 Å². The van der Waals surface area contributed by atoms with Crippen LogP contribution in [0.2, 0.25) is 0 Å². The van der Waals surface area contributed by atoms with Crippen LogP contribution in [-0.4, -0.2) is 32.5 Å². The van der Waals surface area contributed by atoms with Crippen LogP contribution in [-0.2, 0) is 0 Å². The van der Waals surface area contributed by atoms with E-state index in [0.29, 0.717) is 29.3 Å². The zero-order valence-electron chi connectivity index (χ0n) is 14.0. The third-order valence-corrected chi connectivity index (χ3v) is 3.54. The largest absolute Gasteiger partial charge is 0.493 e. The molecule has 6 nitrogen and oxygen atoms in total. The van der Waals surface area contributed by atoms with Gasteiger partial charge in [-0.2, -0.15) is 5.26 Å². The molecule has 0 fully saturated rings. The van der Waals surface area contributed by atoms with E-state index in [9.17, 15) is 5.26 Å². The summed E-state index contributed by atoms with van der Waals surface area (Å²) in [6, 6.07) is 11.3. The number of nitrogens with zero attached hydrogens (tertiary/aromatic N) is 1. The number of hydrogen-bond acceptors (Lipinski definition) is 6. The molecule has 0 heterocycles. The van der Waals surface area contributed by atoms with E-state index in [2.05, 4.69) is 16.7 Å². The molecule has 0 aromatic heterocycles. The van der Waals surface area contributed by atoms with Crippen LogP contribution in [0.1, 0.15) is 11.1 Å². The van der Waals surface area contributed by atoms with E-state index in [1.807, 2.05) is 25.1 Å². The lowest BCUT2D eigenvalue weighted by Gasteiger charge is -2.17. The van der Waals surface area contributed by atoms with Gasteiger partial charge in [0.2, 0.25) is 0 Å². The lowest BCUT2D eigenvalue weighted by atomic mass is 10.1. The van der Waals surface area contributed by atoms with Crippen LogP contribution in [0.4, 0.5) is 17.1 Å². The van der Waals surface area contributed by atoms with Crippen molar-refractivity contribution in [2.24, 2.45) is 0 Å². The lowest BCUT2D eigenvalue weighted by Crippen LogP contribution is -2.09. The van der Waals surface area contributed by atoms with Gasteiger partial charge in [-0.25, -0.2) is 0 Å². The van der Waals surface area contributed by atoms with Crippen LogP contribution in [0, 0.1) is 18.3 Å². The highest BCUT2D eigenvalue weighted by molar-refractivity contribution is 5.80. The molecule has 0 aliphatic heterocycles. The Morgan fingerprint density at radius 1 is 1.21 bits per heavy atom. The highest BCUT2D eigenvalue weighted by Crippen LogP contribution is 2.36. The summed E-state index contributed by atoms with van der Waals surface area (Å²) in [6.45, 7) is 2.27. The Morgan fingerprint density at radius 2 is 2.00 bits per heavy atom. The van der Waals surface area contributed by atoms with Gasteiger partial charge < -0.3 is 25.2 Å². The van der Waals surface area contributed by atoms with Crippen LogP contribution < -0.4 is 20.1 Å². The number of nitriles is 1. The Morgan fingerprint density at radius 3 is 2.62 bits per heavy atom. The van der Waals surface area contributed by atoms with Gasteiger partial charge >= 0.3 is 0 Å². The van der Waals surface area contributed by atoms with Crippen molar-refractivity contribution in [1.82, 2.24) is 0 Å². The normalized spacial score (nSPS) is 9.96. The second-order valence-corrected chi connectivity index (χ2v) is 5.14. The van der Waals surface area contributed by atoms with Gasteiger partial charge in [-0.15, -0.1) is 0 Å². The van der Waals surface area contributed by atoms with Crippen LogP contribution >= 0.6 is 0 Å². The number of para-hydroxylation sites is 1. The van der Waals surface area contributed by atoms with Gasteiger partial charge in [0.15, 0.2) is 11.5 Å². The number of anilines is 3. The van der Waals surface area contributed by atoms with Crippen molar-refractivity contribution in [2.75, 3.05) is 38.0 Å². The number of methoxy groups -OCH3 is 2. The van der Waals surface area contributed by atoms with E-state index in [4.69, 9.17) is 14.6 Å². The topological polar surface area (TPSA) is 86.5 Å². The fourth-order valence-corrected chi connectivity index (χ4v) is 2.50. The quantitative estimate of drug-likeness (QED) is 0.724.